The van der Waals surface area contributed by atoms with Crippen LogP contribution in [0.3, 0.4) is 0 Å². The van der Waals surface area contributed by atoms with Crippen LogP contribution in [0.25, 0.3) is 10.9 Å². The molecule has 0 unspecified atom stereocenters. The minimum atomic E-state index is -3.72. The van der Waals surface area contributed by atoms with Crippen molar-refractivity contribution in [3.8, 4) is 17.2 Å². The minimum Gasteiger partial charge on any atom is -0.497 e. The van der Waals surface area contributed by atoms with Gasteiger partial charge in [0.1, 0.15) is 11.5 Å². The number of rotatable bonds is 5. The molecule has 0 aliphatic carbocycles. The lowest BCUT2D eigenvalue weighted by molar-refractivity contribution is 0.414. The standard InChI is InChI=1S/C22H17Br2NO4S/c1-13-9-18(23)22(19(24)10-13)29-15-5-8-20-17(11-15)21(12-25-20)30(26,27)16-6-3-14(28-2)4-7-16/h3-12,25H,1-2H3. The van der Waals surface area contributed by atoms with Gasteiger partial charge < -0.3 is 14.5 Å². The normalized spacial score (nSPS) is 11.6. The van der Waals surface area contributed by atoms with Crippen LogP contribution in [0.2, 0.25) is 0 Å². The fraction of sp³-hybridized carbons (Fsp3) is 0.0909. The van der Waals surface area contributed by atoms with Crippen LogP contribution in [0.5, 0.6) is 17.2 Å². The first-order chi connectivity index (χ1) is 14.3. The van der Waals surface area contributed by atoms with E-state index in [2.05, 4.69) is 36.8 Å². The van der Waals surface area contributed by atoms with Crippen LogP contribution in [0.15, 0.2) is 79.5 Å². The summed E-state index contributed by atoms with van der Waals surface area (Å²) in [6.45, 7) is 1.99. The molecule has 0 saturated carbocycles. The van der Waals surface area contributed by atoms with Crippen molar-refractivity contribution in [3.05, 3.63) is 75.3 Å². The van der Waals surface area contributed by atoms with Crippen LogP contribution in [0.1, 0.15) is 5.56 Å². The van der Waals surface area contributed by atoms with Crippen LogP contribution in [0, 0.1) is 6.92 Å². The van der Waals surface area contributed by atoms with Gasteiger partial charge in [-0.15, -0.1) is 0 Å². The predicted molar refractivity (Wildman–Crippen MR) is 123 cm³/mol. The van der Waals surface area contributed by atoms with E-state index in [1.54, 1.807) is 30.3 Å². The van der Waals surface area contributed by atoms with E-state index in [1.165, 1.54) is 25.4 Å². The molecular formula is C22H17Br2NO4S. The minimum absolute atomic E-state index is 0.190. The predicted octanol–water partition coefficient (Wildman–Crippen LogP) is 6.64. The van der Waals surface area contributed by atoms with E-state index in [4.69, 9.17) is 9.47 Å². The molecule has 4 aromatic rings. The van der Waals surface area contributed by atoms with Crippen molar-refractivity contribution in [2.24, 2.45) is 0 Å². The van der Waals surface area contributed by atoms with E-state index in [-0.39, 0.29) is 9.79 Å². The monoisotopic (exact) mass is 549 g/mol. The maximum Gasteiger partial charge on any atom is 0.208 e. The lowest BCUT2D eigenvalue weighted by Gasteiger charge is -2.11. The molecule has 30 heavy (non-hydrogen) atoms. The molecule has 0 fully saturated rings. The van der Waals surface area contributed by atoms with Crippen molar-refractivity contribution >= 4 is 52.6 Å². The summed E-state index contributed by atoms with van der Waals surface area (Å²) in [5.41, 5.74) is 1.78. The number of H-pyrrole nitrogens is 1. The molecule has 0 aliphatic rings. The Morgan fingerprint density at radius 3 is 2.17 bits per heavy atom. The summed E-state index contributed by atoms with van der Waals surface area (Å²) in [4.78, 5) is 3.41. The van der Waals surface area contributed by atoms with Gasteiger partial charge in [-0.2, -0.15) is 0 Å². The number of benzene rings is 3. The van der Waals surface area contributed by atoms with E-state index in [1.807, 2.05) is 19.1 Å². The molecule has 1 N–H and O–H groups in total. The number of ether oxygens (including phenoxy) is 2. The van der Waals surface area contributed by atoms with Gasteiger partial charge in [-0.1, -0.05) is 0 Å². The maximum atomic E-state index is 13.2. The van der Waals surface area contributed by atoms with Crippen molar-refractivity contribution in [2.45, 2.75) is 16.7 Å². The van der Waals surface area contributed by atoms with Crippen molar-refractivity contribution in [2.75, 3.05) is 7.11 Å². The lowest BCUT2D eigenvalue weighted by atomic mass is 10.2. The fourth-order valence-electron chi connectivity index (χ4n) is 3.14. The van der Waals surface area contributed by atoms with E-state index in [9.17, 15) is 8.42 Å². The second-order valence-electron chi connectivity index (χ2n) is 6.70. The molecule has 1 heterocycles. The third-order valence-corrected chi connectivity index (χ3v) is 7.62. The highest BCUT2D eigenvalue weighted by molar-refractivity contribution is 9.11. The molecule has 0 amide bonds. The first kappa shape index (κ1) is 21.0. The molecule has 0 aliphatic heterocycles. The van der Waals surface area contributed by atoms with Crippen LogP contribution in [-0.4, -0.2) is 20.5 Å². The topological polar surface area (TPSA) is 68.4 Å². The Balaban J connectivity index is 1.76. The van der Waals surface area contributed by atoms with Crippen molar-refractivity contribution in [1.82, 2.24) is 4.98 Å². The SMILES string of the molecule is COc1ccc(S(=O)(=O)c2c[nH]c3ccc(Oc4c(Br)cc(C)cc4Br)cc23)cc1. The number of aryl methyl sites for hydroxylation is 1. The number of halogens is 2. The Kier molecular flexibility index (Phi) is 5.65. The zero-order valence-corrected chi connectivity index (χ0v) is 20.1. The second kappa shape index (κ2) is 8.09. The molecule has 0 spiro atoms. The Labute approximate surface area is 191 Å². The maximum absolute atomic E-state index is 13.2. The molecule has 0 radical (unpaired) electrons. The molecule has 5 nitrogen and oxygen atoms in total. The van der Waals surface area contributed by atoms with E-state index < -0.39 is 9.84 Å². The molecule has 8 heteroatoms. The van der Waals surface area contributed by atoms with Gasteiger partial charge in [0.15, 0.2) is 5.75 Å². The molecule has 0 atom stereocenters. The average Bonchev–Trinajstić information content (AvgIpc) is 3.15. The smallest absolute Gasteiger partial charge is 0.208 e. The van der Waals surface area contributed by atoms with Gasteiger partial charge in [0.05, 0.1) is 25.8 Å². The number of aromatic nitrogens is 1. The number of sulfone groups is 1. The molecule has 4 rings (SSSR count). The molecule has 154 valence electrons. The first-order valence-corrected chi connectivity index (χ1v) is 12.0. The largest absolute Gasteiger partial charge is 0.497 e. The van der Waals surface area contributed by atoms with Gasteiger partial charge in [-0.25, -0.2) is 8.42 Å². The van der Waals surface area contributed by atoms with Gasteiger partial charge in [0.2, 0.25) is 9.84 Å². The summed E-state index contributed by atoms with van der Waals surface area (Å²) in [5.74, 6) is 1.74. The quantitative estimate of drug-likeness (QED) is 0.302. The number of methoxy groups -OCH3 is 1. The number of nitrogens with one attached hydrogen (secondary N) is 1. The fourth-order valence-corrected chi connectivity index (χ4v) is 6.14. The number of hydrogen-bond donors (Lipinski definition) is 1. The molecule has 3 aromatic carbocycles. The Hall–Kier alpha value is -2.29. The Morgan fingerprint density at radius 2 is 1.53 bits per heavy atom. The number of hydrogen-bond acceptors (Lipinski definition) is 4. The highest BCUT2D eigenvalue weighted by Gasteiger charge is 2.22. The van der Waals surface area contributed by atoms with Gasteiger partial charge in [0, 0.05) is 17.1 Å². The molecule has 0 saturated heterocycles. The molecular weight excluding hydrogens is 534 g/mol. The Morgan fingerprint density at radius 1 is 0.900 bits per heavy atom. The first-order valence-electron chi connectivity index (χ1n) is 8.93. The summed E-state index contributed by atoms with van der Waals surface area (Å²) >= 11 is 7.04. The summed E-state index contributed by atoms with van der Waals surface area (Å²) in [5, 5.41) is 0.558. The van der Waals surface area contributed by atoms with Crippen molar-refractivity contribution in [3.63, 3.8) is 0 Å². The third kappa shape index (κ3) is 3.87. The van der Waals surface area contributed by atoms with E-state index in [0.717, 1.165) is 14.5 Å². The van der Waals surface area contributed by atoms with Crippen molar-refractivity contribution < 1.29 is 17.9 Å². The average molecular weight is 551 g/mol. The summed E-state index contributed by atoms with van der Waals surface area (Å²) < 4.78 is 39.2. The van der Waals surface area contributed by atoms with Gasteiger partial charge in [0.25, 0.3) is 0 Å². The highest BCUT2D eigenvalue weighted by atomic mass is 79.9. The molecule has 0 bridgehead atoms. The van der Waals surface area contributed by atoms with Crippen LogP contribution >= 0.6 is 31.9 Å². The zero-order chi connectivity index (χ0) is 21.5. The van der Waals surface area contributed by atoms with Crippen LogP contribution in [-0.2, 0) is 9.84 Å². The zero-order valence-electron chi connectivity index (χ0n) is 16.1. The van der Waals surface area contributed by atoms with E-state index in [0.29, 0.717) is 28.2 Å². The van der Waals surface area contributed by atoms with E-state index >= 15 is 0 Å². The van der Waals surface area contributed by atoms with Crippen molar-refractivity contribution in [1.29, 1.82) is 0 Å². The summed E-state index contributed by atoms with van der Waals surface area (Å²) in [6, 6.07) is 15.5. The highest BCUT2D eigenvalue weighted by Crippen LogP contribution is 2.39. The van der Waals surface area contributed by atoms with Gasteiger partial charge >= 0.3 is 0 Å². The third-order valence-electron chi connectivity index (χ3n) is 4.64. The number of aromatic amines is 1. The Bertz CT molecular complexity index is 1320. The summed E-state index contributed by atoms with van der Waals surface area (Å²) in [6.07, 6.45) is 1.51. The summed E-state index contributed by atoms with van der Waals surface area (Å²) in [7, 11) is -2.18. The van der Waals surface area contributed by atoms with Crippen LogP contribution in [0.4, 0.5) is 0 Å². The lowest BCUT2D eigenvalue weighted by Crippen LogP contribution is -2.01. The number of fused-ring (bicyclic) bond motifs is 1. The van der Waals surface area contributed by atoms with Gasteiger partial charge in [-0.3, -0.25) is 0 Å². The van der Waals surface area contributed by atoms with Crippen LogP contribution < -0.4 is 9.47 Å². The van der Waals surface area contributed by atoms with Gasteiger partial charge in [-0.05, 0) is 98.9 Å². The second-order valence-corrected chi connectivity index (χ2v) is 10.3. The molecule has 1 aromatic heterocycles.